The first kappa shape index (κ1) is 12.3. The van der Waals surface area contributed by atoms with Crippen LogP contribution in [-0.4, -0.2) is 11.2 Å². The average molecular weight is 256 g/mol. The number of anilines is 3. The average Bonchev–Trinajstić information content (AvgIpc) is 2.42. The molecule has 0 amide bonds. The molecule has 2 rings (SSSR count). The number of hydrogen-bond donors (Lipinski definition) is 2. The third kappa shape index (κ3) is 2.55. The maximum absolute atomic E-state index is 8.89. The van der Waals surface area contributed by atoms with E-state index in [-0.39, 0.29) is 0 Å². The Morgan fingerprint density at radius 1 is 1.28 bits per heavy atom. The number of rotatable bonds is 3. The predicted octanol–water partition coefficient (Wildman–Crippen LogP) is 3.00. The number of aromatic nitrogens is 1. The van der Waals surface area contributed by atoms with Crippen LogP contribution in [-0.2, 0) is 0 Å². The summed E-state index contributed by atoms with van der Waals surface area (Å²) in [5, 5.41) is 12.0. The van der Waals surface area contributed by atoms with E-state index in [0.29, 0.717) is 17.1 Å². The molecule has 0 aliphatic carbocycles. The van der Waals surface area contributed by atoms with Gasteiger partial charge in [0.25, 0.3) is 0 Å². The van der Waals surface area contributed by atoms with Crippen molar-refractivity contribution < 1.29 is 0 Å². The zero-order valence-electron chi connectivity index (χ0n) is 9.84. The quantitative estimate of drug-likeness (QED) is 0.826. The number of hydrogen-bond acceptors (Lipinski definition) is 5. The van der Waals surface area contributed by atoms with E-state index in [0.717, 1.165) is 5.69 Å². The van der Waals surface area contributed by atoms with Crippen LogP contribution in [0.5, 0.6) is 0 Å². The van der Waals surface area contributed by atoms with Gasteiger partial charge in [0.15, 0.2) is 5.82 Å². The molecule has 0 atom stereocenters. The highest BCUT2D eigenvalue weighted by Crippen LogP contribution is 2.24. The molecule has 0 radical (unpaired) electrons. The molecule has 1 heterocycles. The van der Waals surface area contributed by atoms with E-state index >= 15 is 0 Å². The Morgan fingerprint density at radius 3 is 2.61 bits per heavy atom. The summed E-state index contributed by atoms with van der Waals surface area (Å²) in [5.41, 5.74) is 7.53. The second-order valence-electron chi connectivity index (χ2n) is 3.59. The molecule has 0 saturated carbocycles. The van der Waals surface area contributed by atoms with Crippen molar-refractivity contribution in [3.8, 4) is 6.07 Å². The topological polar surface area (TPSA) is 74.7 Å². The molecule has 0 aliphatic heterocycles. The zero-order valence-corrected chi connectivity index (χ0v) is 10.7. The summed E-state index contributed by atoms with van der Waals surface area (Å²) in [4.78, 5) is 5.32. The van der Waals surface area contributed by atoms with E-state index in [1.165, 1.54) is 4.90 Å². The number of nitriles is 1. The van der Waals surface area contributed by atoms with E-state index in [9.17, 15) is 0 Å². The molecule has 0 unspecified atom stereocenters. The molecule has 4 nitrogen and oxygen atoms in total. The number of nitrogens with zero attached hydrogens (tertiary/aromatic N) is 2. The Balaban J connectivity index is 2.26. The molecular weight excluding hydrogens is 244 g/mol. The third-order valence-corrected chi connectivity index (χ3v) is 3.21. The lowest BCUT2D eigenvalue weighted by Crippen LogP contribution is -2.01. The molecule has 0 bridgehead atoms. The van der Waals surface area contributed by atoms with Gasteiger partial charge in [-0.25, -0.2) is 4.98 Å². The maximum atomic E-state index is 8.89. The molecule has 2 aromatic rings. The second-order valence-corrected chi connectivity index (χ2v) is 4.47. The summed E-state index contributed by atoms with van der Waals surface area (Å²) >= 11 is 1.68. The normalized spacial score (nSPS) is 9.78. The fourth-order valence-corrected chi connectivity index (χ4v) is 1.89. The monoisotopic (exact) mass is 256 g/mol. The van der Waals surface area contributed by atoms with Crippen molar-refractivity contribution in [2.75, 3.05) is 17.3 Å². The van der Waals surface area contributed by atoms with Crippen molar-refractivity contribution in [2.45, 2.75) is 4.90 Å². The van der Waals surface area contributed by atoms with Crippen molar-refractivity contribution in [2.24, 2.45) is 0 Å². The minimum Gasteiger partial charge on any atom is -0.395 e. The van der Waals surface area contributed by atoms with Gasteiger partial charge in [-0.3, -0.25) is 0 Å². The van der Waals surface area contributed by atoms with Gasteiger partial charge in [0.2, 0.25) is 0 Å². The zero-order chi connectivity index (χ0) is 13.0. The fourth-order valence-electron chi connectivity index (χ4n) is 1.48. The summed E-state index contributed by atoms with van der Waals surface area (Å²) < 4.78 is 0. The molecular formula is C13H12N4S. The first-order valence-corrected chi connectivity index (χ1v) is 6.52. The highest BCUT2D eigenvalue weighted by molar-refractivity contribution is 7.98. The smallest absolute Gasteiger partial charge is 0.154 e. The Hall–Kier alpha value is -2.19. The number of pyridine rings is 1. The molecule has 1 aromatic heterocycles. The number of thioether (sulfide) groups is 1. The molecule has 1 aromatic carbocycles. The van der Waals surface area contributed by atoms with Gasteiger partial charge in [0.1, 0.15) is 6.07 Å². The molecule has 0 fully saturated rings. The van der Waals surface area contributed by atoms with Crippen molar-refractivity contribution in [1.29, 1.82) is 5.26 Å². The highest BCUT2D eigenvalue weighted by atomic mass is 32.2. The first-order valence-electron chi connectivity index (χ1n) is 5.30. The van der Waals surface area contributed by atoms with Gasteiger partial charge in [-0.2, -0.15) is 5.26 Å². The van der Waals surface area contributed by atoms with Crippen molar-refractivity contribution >= 4 is 29.0 Å². The number of nitrogen functional groups attached to an aromatic ring is 1. The van der Waals surface area contributed by atoms with Crippen LogP contribution in [0.25, 0.3) is 0 Å². The summed E-state index contributed by atoms with van der Waals surface area (Å²) in [6, 6.07) is 11.5. The fraction of sp³-hybridized carbons (Fsp3) is 0.0769. The van der Waals surface area contributed by atoms with Gasteiger partial charge in [0.05, 0.1) is 11.3 Å². The largest absolute Gasteiger partial charge is 0.395 e. The Morgan fingerprint density at radius 2 is 2.00 bits per heavy atom. The van der Waals surface area contributed by atoms with Crippen LogP contribution in [0.4, 0.5) is 17.2 Å². The van der Waals surface area contributed by atoms with E-state index in [4.69, 9.17) is 11.0 Å². The number of nitrogens with two attached hydrogens (primary N) is 1. The van der Waals surface area contributed by atoms with Gasteiger partial charge >= 0.3 is 0 Å². The van der Waals surface area contributed by atoms with Crippen molar-refractivity contribution in [1.82, 2.24) is 4.98 Å². The van der Waals surface area contributed by atoms with Gasteiger partial charge in [-0.15, -0.1) is 11.8 Å². The molecule has 0 saturated heterocycles. The molecule has 0 spiro atoms. The lowest BCUT2D eigenvalue weighted by Gasteiger charge is -2.09. The van der Waals surface area contributed by atoms with Crippen LogP contribution in [0, 0.1) is 11.3 Å². The second kappa shape index (κ2) is 5.43. The van der Waals surface area contributed by atoms with Gasteiger partial charge in [0, 0.05) is 16.8 Å². The third-order valence-electron chi connectivity index (χ3n) is 2.46. The molecule has 0 aliphatic rings. The van der Waals surface area contributed by atoms with E-state index < -0.39 is 0 Å². The standard InChI is InChI=1S/C13H12N4S/c1-18-11-4-2-10(3-5-11)17-13-12(15)9(8-14)6-7-16-13/h2-7H,15H2,1H3,(H,16,17). The Labute approximate surface area is 110 Å². The Bertz CT molecular complexity index is 587. The molecule has 3 N–H and O–H groups in total. The summed E-state index contributed by atoms with van der Waals surface area (Å²) in [6.45, 7) is 0. The predicted molar refractivity (Wildman–Crippen MR) is 74.9 cm³/mol. The highest BCUT2D eigenvalue weighted by Gasteiger charge is 2.05. The number of nitrogens with one attached hydrogen (secondary N) is 1. The summed E-state index contributed by atoms with van der Waals surface area (Å²) in [7, 11) is 0. The maximum Gasteiger partial charge on any atom is 0.154 e. The summed E-state index contributed by atoms with van der Waals surface area (Å²) in [6.07, 6.45) is 3.59. The lowest BCUT2D eigenvalue weighted by atomic mass is 10.2. The molecule has 18 heavy (non-hydrogen) atoms. The van der Waals surface area contributed by atoms with Gasteiger partial charge < -0.3 is 11.1 Å². The SMILES string of the molecule is CSc1ccc(Nc2nccc(C#N)c2N)cc1. The van der Waals surface area contributed by atoms with Crippen LogP contribution < -0.4 is 11.1 Å². The van der Waals surface area contributed by atoms with Crippen LogP contribution in [0.2, 0.25) is 0 Å². The number of benzene rings is 1. The van der Waals surface area contributed by atoms with Crippen LogP contribution in [0.3, 0.4) is 0 Å². The lowest BCUT2D eigenvalue weighted by molar-refractivity contribution is 1.29. The minimum atomic E-state index is 0.369. The van der Waals surface area contributed by atoms with Gasteiger partial charge in [-0.1, -0.05) is 0 Å². The molecule has 5 heteroatoms. The summed E-state index contributed by atoms with van der Waals surface area (Å²) in [5.74, 6) is 0.506. The molecule has 90 valence electrons. The van der Waals surface area contributed by atoms with Crippen LogP contribution >= 0.6 is 11.8 Å². The van der Waals surface area contributed by atoms with E-state index in [1.807, 2.05) is 36.6 Å². The van der Waals surface area contributed by atoms with Crippen LogP contribution in [0.1, 0.15) is 5.56 Å². The van der Waals surface area contributed by atoms with Crippen molar-refractivity contribution in [3.05, 3.63) is 42.1 Å². The van der Waals surface area contributed by atoms with E-state index in [1.54, 1.807) is 24.0 Å². The van der Waals surface area contributed by atoms with E-state index in [2.05, 4.69) is 10.3 Å². The first-order chi connectivity index (χ1) is 8.74. The Kier molecular flexibility index (Phi) is 3.70. The van der Waals surface area contributed by atoms with Gasteiger partial charge in [-0.05, 0) is 36.6 Å². The van der Waals surface area contributed by atoms with Crippen LogP contribution in [0.15, 0.2) is 41.4 Å². The van der Waals surface area contributed by atoms with Crippen molar-refractivity contribution in [3.63, 3.8) is 0 Å². The minimum absolute atomic E-state index is 0.369.